The fraction of sp³-hybridized carbons (Fsp3) is 0.450. The van der Waals surface area contributed by atoms with Crippen LogP contribution in [0.5, 0.6) is 0 Å². The molecule has 25 heavy (non-hydrogen) atoms. The highest BCUT2D eigenvalue weighted by Gasteiger charge is 2.34. The van der Waals surface area contributed by atoms with Crippen molar-refractivity contribution in [1.82, 2.24) is 14.9 Å². The van der Waals surface area contributed by atoms with Crippen LogP contribution in [0.1, 0.15) is 65.0 Å². The van der Waals surface area contributed by atoms with Crippen molar-refractivity contribution in [1.29, 1.82) is 0 Å². The van der Waals surface area contributed by atoms with Gasteiger partial charge in [0.25, 0.3) is 5.91 Å². The van der Waals surface area contributed by atoms with Gasteiger partial charge in [0, 0.05) is 24.4 Å². The number of carbonyl (C=O) groups excluding carboxylic acids is 1. The monoisotopic (exact) mass is 355 g/mol. The van der Waals surface area contributed by atoms with Crippen molar-refractivity contribution in [3.8, 4) is 0 Å². The van der Waals surface area contributed by atoms with Crippen LogP contribution in [0.25, 0.3) is 0 Å². The van der Waals surface area contributed by atoms with Crippen LogP contribution < -0.4 is 0 Å². The number of nitrogens with zero attached hydrogens (tertiary/aromatic N) is 3. The lowest BCUT2D eigenvalue weighted by molar-refractivity contribution is 0.0659. The maximum absolute atomic E-state index is 12.9. The Kier molecular flexibility index (Phi) is 4.46. The van der Waals surface area contributed by atoms with Gasteiger partial charge in [0.2, 0.25) is 0 Å². The molecule has 0 N–H and O–H groups in total. The van der Waals surface area contributed by atoms with Crippen molar-refractivity contribution in [3.63, 3.8) is 0 Å². The van der Waals surface area contributed by atoms with E-state index in [4.69, 9.17) is 16.6 Å². The molecule has 2 aromatic heterocycles. The Balaban J connectivity index is 1.59. The Hall–Kier alpha value is -1.94. The van der Waals surface area contributed by atoms with Crippen LogP contribution in [0, 0.1) is 6.92 Å². The molecule has 1 fully saturated rings. The van der Waals surface area contributed by atoms with Gasteiger partial charge in [0.05, 0.1) is 17.8 Å². The molecule has 0 atom stereocenters. The van der Waals surface area contributed by atoms with Crippen molar-refractivity contribution in [3.05, 3.63) is 57.6 Å². The van der Waals surface area contributed by atoms with Crippen molar-refractivity contribution < 1.29 is 4.79 Å². The molecule has 0 spiro atoms. The number of pyridine rings is 2. The number of aryl methyl sites for hydroxylation is 1. The summed E-state index contributed by atoms with van der Waals surface area (Å²) in [5, 5.41) is 0.492. The molecule has 0 aromatic carbocycles. The fourth-order valence-electron chi connectivity index (χ4n) is 3.99. The summed E-state index contributed by atoms with van der Waals surface area (Å²) >= 11 is 5.86. The number of hydrogen-bond donors (Lipinski definition) is 0. The van der Waals surface area contributed by atoms with Gasteiger partial charge in [-0.15, -0.1) is 0 Å². The molecule has 0 bridgehead atoms. The molecule has 4 rings (SSSR count). The average Bonchev–Trinajstić information content (AvgIpc) is 2.94. The van der Waals surface area contributed by atoms with Crippen LogP contribution in [0.4, 0.5) is 0 Å². The highest BCUT2D eigenvalue weighted by atomic mass is 35.5. The van der Waals surface area contributed by atoms with E-state index in [1.807, 2.05) is 24.0 Å². The fourth-order valence-corrected chi connectivity index (χ4v) is 4.10. The molecule has 2 aromatic rings. The predicted molar refractivity (Wildman–Crippen MR) is 97.8 cm³/mol. The van der Waals surface area contributed by atoms with Gasteiger partial charge in [-0.3, -0.25) is 9.78 Å². The molecular formula is C20H22ClN3O. The molecule has 4 nitrogen and oxygen atoms in total. The Morgan fingerprint density at radius 2 is 2.04 bits per heavy atom. The summed E-state index contributed by atoms with van der Waals surface area (Å²) < 4.78 is 0. The van der Waals surface area contributed by atoms with Crippen molar-refractivity contribution in [2.75, 3.05) is 0 Å². The van der Waals surface area contributed by atoms with Gasteiger partial charge in [-0.05, 0) is 43.0 Å². The van der Waals surface area contributed by atoms with Gasteiger partial charge < -0.3 is 4.90 Å². The standard InChI is InChI=1S/C20H22ClN3O/c1-13-15(9-14-7-8-19(21)22-11-14)10-17-18(23-13)12-24(20(17)25)16-5-3-2-4-6-16/h7-8,10-11,16H,2-6,9,12H2,1H3. The molecule has 3 heterocycles. The largest absolute Gasteiger partial charge is 0.330 e. The molecule has 5 heteroatoms. The van der Waals surface area contributed by atoms with E-state index in [0.29, 0.717) is 24.2 Å². The van der Waals surface area contributed by atoms with E-state index in [2.05, 4.69) is 4.98 Å². The third-order valence-corrected chi connectivity index (χ3v) is 5.63. The van der Waals surface area contributed by atoms with Gasteiger partial charge in [-0.1, -0.05) is 36.9 Å². The first kappa shape index (κ1) is 16.5. The van der Waals surface area contributed by atoms with E-state index >= 15 is 0 Å². The zero-order valence-corrected chi connectivity index (χ0v) is 15.2. The second-order valence-corrected chi connectivity index (χ2v) is 7.51. The van der Waals surface area contributed by atoms with E-state index in [9.17, 15) is 4.79 Å². The number of rotatable bonds is 3. The predicted octanol–water partition coefficient (Wildman–Crippen LogP) is 4.32. The maximum atomic E-state index is 12.9. The van der Waals surface area contributed by atoms with E-state index in [-0.39, 0.29) is 5.91 Å². The first-order chi connectivity index (χ1) is 12.1. The minimum atomic E-state index is 0.157. The van der Waals surface area contributed by atoms with E-state index in [0.717, 1.165) is 40.9 Å². The number of amides is 1. The number of carbonyl (C=O) groups is 1. The molecule has 130 valence electrons. The Labute approximate surface area is 153 Å². The lowest BCUT2D eigenvalue weighted by Crippen LogP contribution is -2.36. The minimum absolute atomic E-state index is 0.157. The first-order valence-corrected chi connectivity index (χ1v) is 9.40. The molecule has 0 radical (unpaired) electrons. The molecule has 0 unspecified atom stereocenters. The van der Waals surface area contributed by atoms with Crippen LogP contribution in [0.3, 0.4) is 0 Å². The summed E-state index contributed by atoms with van der Waals surface area (Å²) in [6.45, 7) is 2.69. The topological polar surface area (TPSA) is 46.1 Å². The Morgan fingerprint density at radius 3 is 2.76 bits per heavy atom. The second kappa shape index (κ2) is 6.75. The van der Waals surface area contributed by atoms with Crippen LogP contribution in [0.2, 0.25) is 5.15 Å². The molecule has 0 saturated heterocycles. The zero-order valence-electron chi connectivity index (χ0n) is 14.5. The molecule has 1 amide bonds. The summed E-state index contributed by atoms with van der Waals surface area (Å²) in [6, 6.07) is 6.19. The van der Waals surface area contributed by atoms with Gasteiger partial charge in [0.15, 0.2) is 0 Å². The van der Waals surface area contributed by atoms with Crippen LogP contribution >= 0.6 is 11.6 Å². The van der Waals surface area contributed by atoms with Gasteiger partial charge in [0.1, 0.15) is 5.15 Å². The number of hydrogen-bond acceptors (Lipinski definition) is 3. The molecule has 1 saturated carbocycles. The van der Waals surface area contributed by atoms with E-state index < -0.39 is 0 Å². The minimum Gasteiger partial charge on any atom is -0.330 e. The highest BCUT2D eigenvalue weighted by molar-refractivity contribution is 6.29. The molecule has 2 aliphatic rings. The summed E-state index contributed by atoms with van der Waals surface area (Å²) in [7, 11) is 0. The van der Waals surface area contributed by atoms with E-state index in [1.165, 1.54) is 19.3 Å². The normalized spacial score (nSPS) is 17.8. The molecular weight excluding hydrogens is 334 g/mol. The maximum Gasteiger partial charge on any atom is 0.256 e. The van der Waals surface area contributed by atoms with Crippen LogP contribution in [0.15, 0.2) is 24.4 Å². The Morgan fingerprint density at radius 1 is 1.24 bits per heavy atom. The number of aromatic nitrogens is 2. The second-order valence-electron chi connectivity index (χ2n) is 7.12. The lowest BCUT2D eigenvalue weighted by Gasteiger charge is -2.30. The summed E-state index contributed by atoms with van der Waals surface area (Å²) in [4.78, 5) is 23.8. The van der Waals surface area contributed by atoms with Crippen LogP contribution in [-0.4, -0.2) is 26.8 Å². The van der Waals surface area contributed by atoms with Gasteiger partial charge in [-0.2, -0.15) is 0 Å². The third kappa shape index (κ3) is 3.28. The highest BCUT2D eigenvalue weighted by Crippen LogP contribution is 2.31. The number of fused-ring (bicyclic) bond motifs is 1. The molecule has 1 aliphatic carbocycles. The van der Waals surface area contributed by atoms with E-state index in [1.54, 1.807) is 12.3 Å². The Bertz CT molecular complexity index is 797. The van der Waals surface area contributed by atoms with Crippen molar-refractivity contribution in [2.45, 2.75) is 58.0 Å². The van der Waals surface area contributed by atoms with Crippen molar-refractivity contribution >= 4 is 17.5 Å². The summed E-state index contributed by atoms with van der Waals surface area (Å²) in [5.74, 6) is 0.157. The van der Waals surface area contributed by atoms with Crippen LogP contribution in [-0.2, 0) is 13.0 Å². The lowest BCUT2D eigenvalue weighted by atomic mass is 9.94. The quantitative estimate of drug-likeness (QED) is 0.770. The average molecular weight is 356 g/mol. The SMILES string of the molecule is Cc1nc2c(cc1Cc1ccc(Cl)nc1)C(=O)N(C1CCCCC1)C2. The van der Waals surface area contributed by atoms with Gasteiger partial charge >= 0.3 is 0 Å². The van der Waals surface area contributed by atoms with Gasteiger partial charge in [-0.25, -0.2) is 4.98 Å². The molecule has 1 aliphatic heterocycles. The first-order valence-electron chi connectivity index (χ1n) is 9.02. The summed E-state index contributed by atoms with van der Waals surface area (Å²) in [6.07, 6.45) is 8.50. The smallest absolute Gasteiger partial charge is 0.256 e. The number of halogens is 1. The summed E-state index contributed by atoms with van der Waals surface area (Å²) in [5.41, 5.74) is 4.87. The third-order valence-electron chi connectivity index (χ3n) is 5.41. The zero-order chi connectivity index (χ0) is 17.4. The van der Waals surface area contributed by atoms with Crippen molar-refractivity contribution in [2.24, 2.45) is 0 Å².